The van der Waals surface area contributed by atoms with Gasteiger partial charge < -0.3 is 25.0 Å². The van der Waals surface area contributed by atoms with Crippen molar-refractivity contribution >= 4 is 17.7 Å². The van der Waals surface area contributed by atoms with E-state index in [-0.39, 0.29) is 35.8 Å². The second kappa shape index (κ2) is 7.73. The Labute approximate surface area is 174 Å². The molecule has 3 N–H and O–H groups in total. The van der Waals surface area contributed by atoms with E-state index < -0.39 is 6.04 Å². The highest BCUT2D eigenvalue weighted by atomic mass is 16.6. The normalized spacial score (nSPS) is 27.7. The van der Waals surface area contributed by atoms with Crippen LogP contribution < -0.4 is 16.0 Å². The lowest BCUT2D eigenvalue weighted by Crippen LogP contribution is -2.67. The third-order valence-electron chi connectivity index (χ3n) is 6.27. The maximum absolute atomic E-state index is 12.9. The molecule has 2 atom stereocenters. The predicted molar refractivity (Wildman–Crippen MR) is 105 cm³/mol. The van der Waals surface area contributed by atoms with Crippen LogP contribution in [-0.4, -0.2) is 73.2 Å². The van der Waals surface area contributed by atoms with E-state index >= 15 is 0 Å². The smallest absolute Gasteiger partial charge is 0.255 e. The van der Waals surface area contributed by atoms with Crippen LogP contribution in [0.5, 0.6) is 0 Å². The van der Waals surface area contributed by atoms with Crippen molar-refractivity contribution in [3.63, 3.8) is 0 Å². The molecular weight excluding hydrogens is 388 g/mol. The van der Waals surface area contributed by atoms with Gasteiger partial charge in [0.25, 0.3) is 5.91 Å². The minimum Gasteiger partial charge on any atom is -0.376 e. The number of nitrogens with zero attached hydrogens (tertiary/aromatic N) is 1. The Morgan fingerprint density at radius 2 is 2.10 bits per heavy atom. The SMILES string of the molecule is O=C1CCC(N2Cc3ccc(CNCC4COCC5(CNC5)O4)cc3C2=O)C(=O)N1. The number of carbonyl (C=O) groups excluding carboxylic acids is 3. The molecule has 1 aromatic rings. The molecule has 4 aliphatic rings. The summed E-state index contributed by atoms with van der Waals surface area (Å²) in [6, 6.07) is 5.26. The third-order valence-corrected chi connectivity index (χ3v) is 6.27. The van der Waals surface area contributed by atoms with E-state index in [1.54, 1.807) is 4.90 Å². The highest BCUT2D eigenvalue weighted by Gasteiger charge is 2.43. The van der Waals surface area contributed by atoms with Gasteiger partial charge in [-0.3, -0.25) is 19.7 Å². The Morgan fingerprint density at radius 1 is 1.23 bits per heavy atom. The summed E-state index contributed by atoms with van der Waals surface area (Å²) in [6.07, 6.45) is 0.648. The van der Waals surface area contributed by atoms with Gasteiger partial charge in [-0.15, -0.1) is 0 Å². The van der Waals surface area contributed by atoms with E-state index in [0.717, 1.165) is 24.2 Å². The quantitative estimate of drug-likeness (QED) is 0.547. The molecule has 9 nitrogen and oxygen atoms in total. The summed E-state index contributed by atoms with van der Waals surface area (Å²) in [5.74, 6) is -0.811. The standard InChI is InChI=1S/C21H26N4O5/c26-18-4-3-17(19(27)24-18)25-8-14-2-1-13(5-16(14)20(25)28)6-22-7-15-9-29-12-21(30-15)10-23-11-21/h1-2,5,15,17,22-23H,3-4,6-12H2,(H,24,26,27). The van der Waals surface area contributed by atoms with Crippen molar-refractivity contribution in [2.24, 2.45) is 0 Å². The number of imide groups is 1. The van der Waals surface area contributed by atoms with Gasteiger partial charge in [0.2, 0.25) is 11.8 Å². The molecule has 0 aliphatic carbocycles. The molecule has 3 fully saturated rings. The fraction of sp³-hybridized carbons (Fsp3) is 0.571. The summed E-state index contributed by atoms with van der Waals surface area (Å²) in [5.41, 5.74) is 2.39. The van der Waals surface area contributed by atoms with Crippen LogP contribution in [0.4, 0.5) is 0 Å². The molecule has 0 aromatic heterocycles. The lowest BCUT2D eigenvalue weighted by Gasteiger charge is -2.47. The Kier molecular flexibility index (Phi) is 5.06. The van der Waals surface area contributed by atoms with Gasteiger partial charge in [-0.05, 0) is 23.6 Å². The molecule has 5 rings (SSSR count). The molecule has 4 aliphatic heterocycles. The molecule has 160 valence electrons. The van der Waals surface area contributed by atoms with Crippen LogP contribution in [0, 0.1) is 0 Å². The Hall–Kier alpha value is -2.33. The molecule has 1 aromatic carbocycles. The maximum atomic E-state index is 12.9. The first kappa shape index (κ1) is 19.6. The summed E-state index contributed by atoms with van der Waals surface area (Å²) in [7, 11) is 0. The van der Waals surface area contributed by atoms with Gasteiger partial charge in [0, 0.05) is 44.7 Å². The second-order valence-electron chi connectivity index (χ2n) is 8.56. The van der Waals surface area contributed by atoms with Gasteiger partial charge >= 0.3 is 0 Å². The number of piperidine rings is 1. The topological polar surface area (TPSA) is 109 Å². The van der Waals surface area contributed by atoms with E-state index in [4.69, 9.17) is 9.47 Å². The first-order chi connectivity index (χ1) is 14.5. The van der Waals surface area contributed by atoms with Crippen LogP contribution in [0.2, 0.25) is 0 Å². The average molecular weight is 414 g/mol. The molecule has 3 amide bonds. The first-order valence-electron chi connectivity index (χ1n) is 10.5. The van der Waals surface area contributed by atoms with Crippen LogP contribution >= 0.6 is 0 Å². The fourth-order valence-corrected chi connectivity index (χ4v) is 4.58. The van der Waals surface area contributed by atoms with Crippen LogP contribution in [0.1, 0.15) is 34.3 Å². The van der Waals surface area contributed by atoms with E-state index in [9.17, 15) is 14.4 Å². The monoisotopic (exact) mass is 414 g/mol. The van der Waals surface area contributed by atoms with Gasteiger partial charge in [-0.25, -0.2) is 0 Å². The van der Waals surface area contributed by atoms with Crippen molar-refractivity contribution in [1.29, 1.82) is 0 Å². The van der Waals surface area contributed by atoms with Crippen molar-refractivity contribution in [2.75, 3.05) is 32.8 Å². The van der Waals surface area contributed by atoms with Gasteiger partial charge in [0.1, 0.15) is 11.6 Å². The summed E-state index contributed by atoms with van der Waals surface area (Å²) < 4.78 is 11.9. The minimum absolute atomic E-state index is 0.0138. The zero-order valence-electron chi connectivity index (χ0n) is 16.7. The largest absolute Gasteiger partial charge is 0.376 e. The number of fused-ring (bicyclic) bond motifs is 1. The lowest BCUT2D eigenvalue weighted by molar-refractivity contribution is -0.214. The zero-order valence-corrected chi connectivity index (χ0v) is 16.7. The highest BCUT2D eigenvalue weighted by molar-refractivity contribution is 6.05. The Bertz CT molecular complexity index is 884. The van der Waals surface area contributed by atoms with Crippen molar-refractivity contribution < 1.29 is 23.9 Å². The molecule has 2 unspecified atom stereocenters. The maximum Gasteiger partial charge on any atom is 0.255 e. The highest BCUT2D eigenvalue weighted by Crippen LogP contribution is 2.28. The number of hydrogen-bond donors (Lipinski definition) is 3. The summed E-state index contributed by atoms with van der Waals surface area (Å²) >= 11 is 0. The second-order valence-corrected chi connectivity index (χ2v) is 8.56. The summed E-state index contributed by atoms with van der Waals surface area (Å²) in [4.78, 5) is 38.0. The Morgan fingerprint density at radius 3 is 2.87 bits per heavy atom. The average Bonchev–Trinajstić information content (AvgIpc) is 3.03. The van der Waals surface area contributed by atoms with Gasteiger partial charge in [0.15, 0.2) is 0 Å². The molecule has 9 heteroatoms. The van der Waals surface area contributed by atoms with Crippen molar-refractivity contribution in [1.82, 2.24) is 20.9 Å². The fourth-order valence-electron chi connectivity index (χ4n) is 4.58. The van der Waals surface area contributed by atoms with E-state index in [1.807, 2.05) is 18.2 Å². The summed E-state index contributed by atoms with van der Waals surface area (Å²) in [5, 5.41) is 8.96. The third kappa shape index (κ3) is 3.62. The molecule has 30 heavy (non-hydrogen) atoms. The van der Waals surface area contributed by atoms with Gasteiger partial charge in [-0.2, -0.15) is 0 Å². The molecule has 0 saturated carbocycles. The molecule has 0 radical (unpaired) electrons. The molecule has 0 bridgehead atoms. The lowest BCUT2D eigenvalue weighted by atomic mass is 9.96. The van der Waals surface area contributed by atoms with Crippen LogP contribution in [-0.2, 0) is 32.2 Å². The van der Waals surface area contributed by atoms with Crippen molar-refractivity contribution in [3.05, 3.63) is 34.9 Å². The number of amides is 3. The number of ether oxygens (including phenoxy) is 2. The Balaban J connectivity index is 1.18. The minimum atomic E-state index is -0.582. The predicted octanol–water partition coefficient (Wildman–Crippen LogP) is -0.705. The molecule has 1 spiro atoms. The molecule has 3 saturated heterocycles. The summed E-state index contributed by atoms with van der Waals surface area (Å²) in [6.45, 7) is 4.59. The number of rotatable bonds is 5. The number of nitrogens with one attached hydrogen (secondary N) is 3. The zero-order chi connectivity index (χ0) is 20.7. The van der Waals surface area contributed by atoms with Crippen molar-refractivity contribution in [3.8, 4) is 0 Å². The van der Waals surface area contributed by atoms with E-state index in [0.29, 0.717) is 44.8 Å². The van der Waals surface area contributed by atoms with Crippen molar-refractivity contribution in [2.45, 2.75) is 43.7 Å². The van der Waals surface area contributed by atoms with Crippen LogP contribution in [0.3, 0.4) is 0 Å². The van der Waals surface area contributed by atoms with Crippen LogP contribution in [0.15, 0.2) is 18.2 Å². The van der Waals surface area contributed by atoms with E-state index in [2.05, 4.69) is 16.0 Å². The van der Waals surface area contributed by atoms with Gasteiger partial charge in [0.05, 0.1) is 19.3 Å². The molecule has 4 heterocycles. The van der Waals surface area contributed by atoms with E-state index in [1.165, 1.54) is 0 Å². The first-order valence-corrected chi connectivity index (χ1v) is 10.5. The molecular formula is C21H26N4O5. The number of carbonyl (C=O) groups is 3. The van der Waals surface area contributed by atoms with Gasteiger partial charge in [-0.1, -0.05) is 12.1 Å². The number of hydrogen-bond acceptors (Lipinski definition) is 7. The number of benzene rings is 1. The van der Waals surface area contributed by atoms with Crippen LogP contribution in [0.25, 0.3) is 0 Å².